The molecule has 29 heavy (non-hydrogen) atoms. The summed E-state index contributed by atoms with van der Waals surface area (Å²) in [5, 5.41) is 0.598. The molecule has 1 aliphatic rings. The lowest BCUT2D eigenvalue weighted by molar-refractivity contribution is 0.174. The van der Waals surface area contributed by atoms with E-state index in [1.807, 2.05) is 78.9 Å². The third kappa shape index (κ3) is 3.40. The van der Waals surface area contributed by atoms with E-state index in [0.29, 0.717) is 22.5 Å². The summed E-state index contributed by atoms with van der Waals surface area (Å²) in [6.07, 6.45) is 3.77. The summed E-state index contributed by atoms with van der Waals surface area (Å²) in [7, 11) is 0. The third-order valence-corrected chi connectivity index (χ3v) is 5.36. The average molecular weight is 494 g/mol. The summed E-state index contributed by atoms with van der Waals surface area (Å²) in [5.74, 6) is 2.02. The van der Waals surface area contributed by atoms with Gasteiger partial charge in [0.2, 0.25) is 6.79 Å². The SMILES string of the molecule is O=c1c2cc(I)ccc2nc(/C=C/c2ccc3c(c2)OCO3)n1-c1ccccc1. The van der Waals surface area contributed by atoms with Gasteiger partial charge in [-0.05, 0) is 76.7 Å². The molecular weight excluding hydrogens is 479 g/mol. The number of hydrogen-bond donors (Lipinski definition) is 0. The number of aromatic nitrogens is 2. The van der Waals surface area contributed by atoms with Crippen molar-refractivity contribution in [3.8, 4) is 17.2 Å². The molecule has 0 saturated heterocycles. The number of benzene rings is 3. The van der Waals surface area contributed by atoms with Crippen LogP contribution >= 0.6 is 22.6 Å². The van der Waals surface area contributed by atoms with E-state index in [1.54, 1.807) is 4.57 Å². The molecule has 6 heteroatoms. The van der Waals surface area contributed by atoms with Gasteiger partial charge in [0.15, 0.2) is 11.5 Å². The number of halogens is 1. The average Bonchev–Trinajstić information content (AvgIpc) is 3.21. The molecule has 0 fully saturated rings. The number of nitrogens with zero attached hydrogens (tertiary/aromatic N) is 2. The second kappa shape index (κ2) is 7.36. The van der Waals surface area contributed by atoms with Crippen LogP contribution in [-0.2, 0) is 0 Å². The van der Waals surface area contributed by atoms with Crippen LogP contribution in [0.15, 0.2) is 71.5 Å². The van der Waals surface area contributed by atoms with E-state index in [2.05, 4.69) is 22.6 Å². The first-order valence-electron chi connectivity index (χ1n) is 9.04. The molecule has 0 saturated carbocycles. The molecule has 4 aromatic rings. The second-order valence-electron chi connectivity index (χ2n) is 6.55. The van der Waals surface area contributed by atoms with Crippen molar-refractivity contribution in [2.45, 2.75) is 0 Å². The zero-order valence-electron chi connectivity index (χ0n) is 15.2. The van der Waals surface area contributed by atoms with Gasteiger partial charge in [0.25, 0.3) is 5.56 Å². The zero-order chi connectivity index (χ0) is 19.8. The van der Waals surface area contributed by atoms with Gasteiger partial charge < -0.3 is 9.47 Å². The highest BCUT2D eigenvalue weighted by Crippen LogP contribution is 2.33. The minimum Gasteiger partial charge on any atom is -0.454 e. The molecule has 1 aromatic heterocycles. The number of hydrogen-bond acceptors (Lipinski definition) is 4. The van der Waals surface area contributed by atoms with E-state index < -0.39 is 0 Å². The van der Waals surface area contributed by atoms with Crippen LogP contribution in [0, 0.1) is 3.57 Å². The smallest absolute Gasteiger partial charge is 0.266 e. The Bertz CT molecular complexity index is 1310. The Morgan fingerprint density at radius 1 is 0.931 bits per heavy atom. The van der Waals surface area contributed by atoms with Gasteiger partial charge in [-0.1, -0.05) is 30.3 Å². The maximum atomic E-state index is 13.3. The molecule has 5 nitrogen and oxygen atoms in total. The van der Waals surface area contributed by atoms with Crippen LogP contribution in [0.2, 0.25) is 0 Å². The van der Waals surface area contributed by atoms with Crippen LogP contribution in [0.1, 0.15) is 11.4 Å². The summed E-state index contributed by atoms with van der Waals surface area (Å²) in [6, 6.07) is 21.0. The van der Waals surface area contributed by atoms with E-state index in [4.69, 9.17) is 14.5 Å². The molecular formula is C23H15IN2O3. The molecule has 0 N–H and O–H groups in total. The predicted octanol–water partition coefficient (Wildman–Crippen LogP) is 4.89. The molecule has 5 rings (SSSR count). The maximum absolute atomic E-state index is 13.3. The van der Waals surface area contributed by atoms with Gasteiger partial charge in [-0.2, -0.15) is 0 Å². The Hall–Kier alpha value is -3.13. The lowest BCUT2D eigenvalue weighted by atomic mass is 10.1. The Kier molecular flexibility index (Phi) is 4.55. The first-order chi connectivity index (χ1) is 14.2. The van der Waals surface area contributed by atoms with Crippen LogP contribution < -0.4 is 15.0 Å². The molecule has 0 amide bonds. The van der Waals surface area contributed by atoms with Crippen molar-refractivity contribution in [1.29, 1.82) is 0 Å². The molecule has 0 radical (unpaired) electrons. The molecule has 0 aliphatic carbocycles. The van der Waals surface area contributed by atoms with Gasteiger partial charge >= 0.3 is 0 Å². The van der Waals surface area contributed by atoms with Crippen molar-refractivity contribution in [2.24, 2.45) is 0 Å². The summed E-state index contributed by atoms with van der Waals surface area (Å²) < 4.78 is 13.4. The largest absolute Gasteiger partial charge is 0.454 e. The van der Waals surface area contributed by atoms with E-state index in [1.165, 1.54) is 0 Å². The fourth-order valence-electron chi connectivity index (χ4n) is 3.30. The lowest BCUT2D eigenvalue weighted by Gasteiger charge is -2.11. The maximum Gasteiger partial charge on any atom is 0.266 e. The minimum atomic E-state index is -0.0925. The fourth-order valence-corrected chi connectivity index (χ4v) is 3.79. The topological polar surface area (TPSA) is 53.4 Å². The van der Waals surface area contributed by atoms with Gasteiger partial charge in [-0.25, -0.2) is 4.98 Å². The van der Waals surface area contributed by atoms with Gasteiger partial charge in [0.05, 0.1) is 16.6 Å². The van der Waals surface area contributed by atoms with Crippen molar-refractivity contribution >= 4 is 45.6 Å². The molecule has 1 aliphatic heterocycles. The number of fused-ring (bicyclic) bond motifs is 2. The highest BCUT2D eigenvalue weighted by molar-refractivity contribution is 14.1. The fraction of sp³-hybridized carbons (Fsp3) is 0.0435. The van der Waals surface area contributed by atoms with Crippen molar-refractivity contribution in [3.63, 3.8) is 0 Å². The Morgan fingerprint density at radius 2 is 1.76 bits per heavy atom. The molecule has 3 aromatic carbocycles. The van der Waals surface area contributed by atoms with Crippen molar-refractivity contribution < 1.29 is 9.47 Å². The van der Waals surface area contributed by atoms with E-state index in [0.717, 1.165) is 20.6 Å². The zero-order valence-corrected chi connectivity index (χ0v) is 17.4. The van der Waals surface area contributed by atoms with E-state index in [9.17, 15) is 4.79 Å². The standard InChI is InChI=1S/C23H15IN2O3/c24-16-8-9-19-18(13-16)23(27)26(17-4-2-1-3-5-17)22(25-19)11-7-15-6-10-20-21(12-15)29-14-28-20/h1-13H,14H2/b11-7+. The summed E-state index contributed by atoms with van der Waals surface area (Å²) in [5.41, 5.74) is 2.29. The van der Waals surface area contributed by atoms with Gasteiger partial charge in [-0.3, -0.25) is 9.36 Å². The van der Waals surface area contributed by atoms with Crippen molar-refractivity contribution in [3.05, 3.63) is 92.0 Å². The third-order valence-electron chi connectivity index (χ3n) is 4.69. The monoisotopic (exact) mass is 494 g/mol. The molecule has 0 atom stereocenters. The number of para-hydroxylation sites is 1. The number of ether oxygens (including phenoxy) is 2. The normalized spacial score (nSPS) is 12.7. The summed E-state index contributed by atoms with van der Waals surface area (Å²) in [4.78, 5) is 18.1. The number of rotatable bonds is 3. The molecule has 0 unspecified atom stereocenters. The molecule has 0 bridgehead atoms. The first kappa shape index (κ1) is 17.9. The highest BCUT2D eigenvalue weighted by atomic mass is 127. The van der Waals surface area contributed by atoms with Gasteiger partial charge in [0, 0.05) is 3.57 Å². The lowest BCUT2D eigenvalue weighted by Crippen LogP contribution is -2.22. The highest BCUT2D eigenvalue weighted by Gasteiger charge is 2.14. The molecule has 0 spiro atoms. The van der Waals surface area contributed by atoms with Crippen LogP contribution in [0.4, 0.5) is 0 Å². The summed E-state index contributed by atoms with van der Waals surface area (Å²) >= 11 is 2.21. The first-order valence-corrected chi connectivity index (χ1v) is 10.1. The van der Waals surface area contributed by atoms with Crippen molar-refractivity contribution in [1.82, 2.24) is 9.55 Å². The summed E-state index contributed by atoms with van der Waals surface area (Å²) in [6.45, 7) is 0.237. The Labute approximate surface area is 180 Å². The Morgan fingerprint density at radius 3 is 2.62 bits per heavy atom. The second-order valence-corrected chi connectivity index (χ2v) is 7.80. The van der Waals surface area contributed by atoms with Crippen LogP contribution in [0.3, 0.4) is 0 Å². The quantitative estimate of drug-likeness (QED) is 0.381. The molecule has 2 heterocycles. The van der Waals surface area contributed by atoms with Gasteiger partial charge in [-0.15, -0.1) is 0 Å². The molecule has 142 valence electrons. The van der Waals surface area contributed by atoms with Gasteiger partial charge in [0.1, 0.15) is 5.82 Å². The van der Waals surface area contributed by atoms with Crippen LogP contribution in [0.25, 0.3) is 28.7 Å². The van der Waals surface area contributed by atoms with Crippen LogP contribution in [-0.4, -0.2) is 16.3 Å². The predicted molar refractivity (Wildman–Crippen MR) is 122 cm³/mol. The Balaban J connectivity index is 1.68. The minimum absolute atomic E-state index is 0.0925. The van der Waals surface area contributed by atoms with E-state index in [-0.39, 0.29) is 12.4 Å². The van der Waals surface area contributed by atoms with Crippen LogP contribution in [0.5, 0.6) is 11.5 Å². The van der Waals surface area contributed by atoms with E-state index >= 15 is 0 Å². The van der Waals surface area contributed by atoms with Crippen molar-refractivity contribution in [2.75, 3.05) is 6.79 Å².